The van der Waals surface area contributed by atoms with E-state index in [2.05, 4.69) is 30.8 Å². The maximum Gasteiger partial charge on any atom is 0.522 e. The molecule has 0 aromatic carbocycles. The Kier molecular flexibility index (Phi) is 6.74. The first-order chi connectivity index (χ1) is 11.7. The molecule has 0 saturated heterocycles. The lowest BCUT2D eigenvalue weighted by Crippen LogP contribution is -2.41. The average molecular weight is 400 g/mol. The van der Waals surface area contributed by atoms with E-state index in [0.717, 1.165) is 37.9 Å². The third-order valence-corrected chi connectivity index (χ3v) is 3.93. The predicted octanol–water partition coefficient (Wildman–Crippen LogP) is 1.39. The summed E-state index contributed by atoms with van der Waals surface area (Å²) in [5, 5.41) is 15.4. The zero-order valence-corrected chi connectivity index (χ0v) is 15.7. The van der Waals surface area contributed by atoms with Gasteiger partial charge in [-0.25, -0.2) is 0 Å². The number of nitrogens with one attached hydrogen (secondary N) is 2. The predicted molar refractivity (Wildman–Crippen MR) is 91.2 cm³/mol. The van der Waals surface area contributed by atoms with Gasteiger partial charge in [0.05, 0.1) is 13.1 Å². The molecule has 2 aliphatic rings. The normalized spacial score (nSPS) is 18.6. The molecule has 0 saturated carbocycles. The van der Waals surface area contributed by atoms with Crippen molar-refractivity contribution >= 4 is 21.8 Å². The van der Waals surface area contributed by atoms with E-state index in [-0.39, 0.29) is 0 Å². The first kappa shape index (κ1) is 22.3. The Morgan fingerprint density at radius 2 is 1.23 bits per heavy atom. The first-order valence-electron chi connectivity index (χ1n) is 7.72. The van der Waals surface area contributed by atoms with Gasteiger partial charge in [-0.05, 0) is 27.7 Å². The van der Waals surface area contributed by atoms with E-state index in [1.165, 1.54) is 0 Å². The van der Waals surface area contributed by atoms with Crippen LogP contribution in [0.3, 0.4) is 0 Å². The third kappa shape index (κ3) is 6.20. The van der Waals surface area contributed by atoms with Crippen LogP contribution in [-0.2, 0) is 10.1 Å². The minimum atomic E-state index is -5.84. The van der Waals surface area contributed by atoms with Crippen molar-refractivity contribution in [3.05, 3.63) is 0 Å². The molecule has 9 nitrogen and oxygen atoms in total. The molecule has 0 aliphatic carbocycles. The Hall–Kier alpha value is -1.76. The fraction of sp³-hybridized carbons (Fsp3) is 0.846. The van der Waals surface area contributed by atoms with Crippen LogP contribution < -0.4 is 10.6 Å². The fourth-order valence-corrected chi connectivity index (χ4v) is 1.96. The number of halogens is 3. The van der Waals surface area contributed by atoms with Gasteiger partial charge >= 0.3 is 15.6 Å². The van der Waals surface area contributed by atoms with E-state index in [1.807, 2.05) is 27.7 Å². The van der Waals surface area contributed by atoms with Crippen LogP contribution in [0.25, 0.3) is 0 Å². The first-order valence-corrected chi connectivity index (χ1v) is 9.16. The van der Waals surface area contributed by atoms with Gasteiger partial charge in [-0.1, -0.05) is 0 Å². The van der Waals surface area contributed by atoms with Gasteiger partial charge in [-0.15, -0.1) is 0 Å². The molecule has 0 radical (unpaired) electrons. The topological polar surface area (TPSA) is 128 Å². The summed E-state index contributed by atoms with van der Waals surface area (Å²) in [6, 6.07) is 0. The minimum Gasteiger partial charge on any atom is -0.370 e. The summed E-state index contributed by atoms with van der Waals surface area (Å²) < 4.78 is 57.5. The molecule has 13 heteroatoms. The molecule has 2 aliphatic heterocycles. The molecule has 3 N–H and O–H groups in total. The van der Waals surface area contributed by atoms with Crippen molar-refractivity contribution in [1.29, 1.82) is 0 Å². The van der Waals surface area contributed by atoms with Gasteiger partial charge in [0.1, 0.15) is 22.7 Å². The summed E-state index contributed by atoms with van der Waals surface area (Å²) in [5.41, 5.74) is -6.33. The van der Waals surface area contributed by atoms with Crippen LogP contribution in [0.4, 0.5) is 13.2 Å². The number of hydrogen-bond donors (Lipinski definition) is 3. The van der Waals surface area contributed by atoms with Crippen molar-refractivity contribution in [2.45, 2.75) is 44.3 Å². The molecule has 0 aromatic rings. The largest absolute Gasteiger partial charge is 0.522 e. The van der Waals surface area contributed by atoms with Crippen LogP contribution in [-0.4, -0.2) is 67.4 Å². The van der Waals surface area contributed by atoms with Crippen molar-refractivity contribution in [3.63, 3.8) is 0 Å². The molecule has 0 atom stereocenters. The van der Waals surface area contributed by atoms with Gasteiger partial charge in [0.15, 0.2) is 0 Å². The van der Waals surface area contributed by atoms with Crippen LogP contribution in [0.15, 0.2) is 20.2 Å². The molecule has 0 bridgehead atoms. The highest BCUT2D eigenvalue weighted by molar-refractivity contribution is 7.86. The highest BCUT2D eigenvalue weighted by Gasteiger charge is 2.44. The Morgan fingerprint density at radius 1 is 0.923 bits per heavy atom. The lowest BCUT2D eigenvalue weighted by Gasteiger charge is -2.23. The summed E-state index contributed by atoms with van der Waals surface area (Å²) >= 11 is 0. The van der Waals surface area contributed by atoms with Gasteiger partial charge in [-0.2, -0.15) is 31.8 Å². The van der Waals surface area contributed by atoms with Crippen LogP contribution in [0.1, 0.15) is 27.7 Å². The second-order valence-corrected chi connectivity index (χ2v) is 7.97. The number of amidine groups is 2. The quantitative estimate of drug-likeness (QED) is 0.373. The zero-order chi connectivity index (χ0) is 20.2. The lowest BCUT2D eigenvalue weighted by atomic mass is 10.0. The zero-order valence-electron chi connectivity index (χ0n) is 14.9. The van der Waals surface area contributed by atoms with Crippen molar-refractivity contribution in [1.82, 2.24) is 10.6 Å². The standard InChI is InChI=1S/C12H22N6.CHF3O3S/c1-11(2,9-13-5-6-14-9)17-18-12(3,4)10-15-7-8-16-10;2-1(3,4)8(5,6)7/h5-8H2,1-4H3,(H,13,14)(H,15,16);(H,5,6,7). The van der Waals surface area contributed by atoms with E-state index in [0.29, 0.717) is 0 Å². The van der Waals surface area contributed by atoms with Gasteiger partial charge in [-0.3, -0.25) is 14.5 Å². The second kappa shape index (κ2) is 7.86. The van der Waals surface area contributed by atoms with Gasteiger partial charge in [0.25, 0.3) is 0 Å². The molecule has 0 amide bonds. The fourth-order valence-electron chi connectivity index (χ4n) is 1.96. The highest BCUT2D eigenvalue weighted by atomic mass is 32.2. The summed E-state index contributed by atoms with van der Waals surface area (Å²) in [6.45, 7) is 11.5. The van der Waals surface area contributed by atoms with E-state index in [9.17, 15) is 13.2 Å². The van der Waals surface area contributed by atoms with E-state index in [4.69, 9.17) is 13.0 Å². The number of aliphatic imine (C=N–C) groups is 2. The molecule has 2 heterocycles. The maximum atomic E-state index is 10.7. The van der Waals surface area contributed by atoms with Crippen LogP contribution in [0.5, 0.6) is 0 Å². The van der Waals surface area contributed by atoms with Crippen LogP contribution in [0.2, 0.25) is 0 Å². The Morgan fingerprint density at radius 3 is 1.42 bits per heavy atom. The van der Waals surface area contributed by atoms with E-state index in [1.54, 1.807) is 0 Å². The van der Waals surface area contributed by atoms with Gasteiger partial charge in [0, 0.05) is 13.1 Å². The lowest BCUT2D eigenvalue weighted by molar-refractivity contribution is -0.0510. The summed E-state index contributed by atoms with van der Waals surface area (Å²) in [4.78, 5) is 8.82. The molecule has 26 heavy (non-hydrogen) atoms. The number of rotatable bonds is 4. The van der Waals surface area contributed by atoms with Crippen LogP contribution >= 0.6 is 0 Å². The average Bonchev–Trinajstić information content (AvgIpc) is 3.17. The Balaban J connectivity index is 0.000000359. The number of azo groups is 1. The molecule has 150 valence electrons. The van der Waals surface area contributed by atoms with Crippen molar-refractivity contribution in [2.75, 3.05) is 26.2 Å². The van der Waals surface area contributed by atoms with Gasteiger partial charge in [0.2, 0.25) is 0 Å². The highest BCUT2D eigenvalue weighted by Crippen LogP contribution is 2.21. The number of hydrogen-bond acceptors (Lipinski definition) is 8. The smallest absolute Gasteiger partial charge is 0.370 e. The molecular weight excluding hydrogens is 377 g/mol. The maximum absolute atomic E-state index is 10.7. The van der Waals surface area contributed by atoms with Gasteiger partial charge < -0.3 is 10.6 Å². The molecule has 0 aromatic heterocycles. The third-order valence-electron chi connectivity index (χ3n) is 3.35. The summed E-state index contributed by atoms with van der Waals surface area (Å²) in [5.74, 6) is 1.84. The monoisotopic (exact) mass is 400 g/mol. The van der Waals surface area contributed by atoms with Crippen molar-refractivity contribution < 1.29 is 26.1 Å². The second-order valence-electron chi connectivity index (χ2n) is 6.55. The number of nitrogens with zero attached hydrogens (tertiary/aromatic N) is 4. The molecule has 0 spiro atoms. The Bertz CT molecular complexity index is 660. The van der Waals surface area contributed by atoms with Crippen LogP contribution in [0, 0.1) is 0 Å². The molecular formula is C13H23F3N6O3S. The van der Waals surface area contributed by atoms with Crippen molar-refractivity contribution in [2.24, 2.45) is 20.2 Å². The van der Waals surface area contributed by atoms with Crippen molar-refractivity contribution in [3.8, 4) is 0 Å². The molecule has 0 unspecified atom stereocenters. The molecule has 2 rings (SSSR count). The molecule has 0 fully saturated rings. The van der Waals surface area contributed by atoms with E-state index < -0.39 is 26.7 Å². The number of alkyl halides is 3. The van der Waals surface area contributed by atoms with E-state index >= 15 is 0 Å². The minimum absolute atomic E-state index is 0.396. The SMILES string of the molecule is CC(C)(N=NC(C)(C)C1=NCCN1)C1=NCCN1.O=S(=O)(O)C(F)(F)F. The summed E-state index contributed by atoms with van der Waals surface area (Å²) in [7, 11) is -5.84. The summed E-state index contributed by atoms with van der Waals surface area (Å²) in [6.07, 6.45) is 0. The Labute approximate surface area is 150 Å².